The summed E-state index contributed by atoms with van der Waals surface area (Å²) in [6, 6.07) is 24.8. The number of primary sulfonamides is 1. The van der Waals surface area contributed by atoms with E-state index in [1.54, 1.807) is 71.2 Å². The molecule has 2 N–H and O–H groups in total. The second kappa shape index (κ2) is 22.0. The van der Waals surface area contributed by atoms with E-state index in [9.17, 15) is 13.2 Å². The van der Waals surface area contributed by atoms with Crippen LogP contribution in [0.2, 0.25) is 20.1 Å². The molecule has 0 saturated heterocycles. The van der Waals surface area contributed by atoms with Crippen molar-refractivity contribution in [3.63, 3.8) is 0 Å². The number of methoxy groups -OCH3 is 5. The second-order valence-corrected chi connectivity index (χ2v) is 16.5. The number of rotatable bonds is 16. The van der Waals surface area contributed by atoms with E-state index in [0.717, 1.165) is 28.1 Å². The quantitative estimate of drug-likeness (QED) is 0.0919. The lowest BCUT2D eigenvalue weighted by atomic mass is 10.1. The van der Waals surface area contributed by atoms with Gasteiger partial charge in [0.15, 0.2) is 23.0 Å². The average Bonchev–Trinajstić information content (AvgIpc) is 3.27. The van der Waals surface area contributed by atoms with Crippen molar-refractivity contribution in [3.8, 4) is 23.0 Å². The summed E-state index contributed by atoms with van der Waals surface area (Å²) in [7, 11) is 3.91. The Morgan fingerprint density at radius 1 is 0.548 bits per heavy atom. The molecule has 4 aromatic carbocycles. The van der Waals surface area contributed by atoms with Gasteiger partial charge in [-0.3, -0.25) is 9.97 Å². The lowest BCUT2D eigenvalue weighted by Gasteiger charge is -2.27. The predicted molar refractivity (Wildman–Crippen MR) is 243 cm³/mol. The Hall–Kier alpha value is -5.48. The zero-order valence-corrected chi connectivity index (χ0v) is 38.1. The molecular weight excluding hydrogens is 900 g/mol. The van der Waals surface area contributed by atoms with Crippen molar-refractivity contribution in [2.45, 2.75) is 31.1 Å². The Labute approximate surface area is 380 Å². The third kappa shape index (κ3) is 12.3. The molecular formula is C44H43Cl4N5O8S. The summed E-state index contributed by atoms with van der Waals surface area (Å²) in [6.45, 7) is 1.79. The summed E-state index contributed by atoms with van der Waals surface area (Å²) in [4.78, 5) is 23.9. The first-order chi connectivity index (χ1) is 29.7. The molecule has 13 nitrogen and oxygen atoms in total. The van der Waals surface area contributed by atoms with Gasteiger partial charge in [-0.25, -0.2) is 18.4 Å². The number of pyridine rings is 2. The fraction of sp³-hybridized carbons (Fsp3) is 0.205. The van der Waals surface area contributed by atoms with E-state index < -0.39 is 10.0 Å². The number of aromatic nitrogens is 2. The topological polar surface area (TPSA) is 156 Å². The molecule has 0 aliphatic rings. The molecule has 2 aromatic heterocycles. The smallest absolute Gasteiger partial charge is 0.337 e. The third-order valence-electron chi connectivity index (χ3n) is 9.44. The van der Waals surface area contributed by atoms with Gasteiger partial charge in [-0.1, -0.05) is 70.7 Å². The van der Waals surface area contributed by atoms with Crippen LogP contribution in [0.15, 0.2) is 115 Å². The van der Waals surface area contributed by atoms with Crippen LogP contribution in [-0.4, -0.2) is 59.9 Å². The van der Waals surface area contributed by atoms with Crippen LogP contribution in [0.4, 0.5) is 11.4 Å². The van der Waals surface area contributed by atoms with E-state index in [4.69, 9.17) is 75.2 Å². The first-order valence-electron chi connectivity index (χ1n) is 18.5. The molecule has 0 amide bonds. The van der Waals surface area contributed by atoms with Gasteiger partial charge in [-0.05, 0) is 59.7 Å². The van der Waals surface area contributed by atoms with Crippen LogP contribution in [-0.2, 0) is 40.9 Å². The summed E-state index contributed by atoms with van der Waals surface area (Å²) in [5.41, 5.74) is 5.54. The lowest BCUT2D eigenvalue weighted by Crippen LogP contribution is -2.23. The maximum Gasteiger partial charge on any atom is 0.337 e. The highest BCUT2D eigenvalue weighted by atomic mass is 35.5. The molecule has 0 fully saturated rings. The van der Waals surface area contributed by atoms with Crippen molar-refractivity contribution < 1.29 is 36.9 Å². The lowest BCUT2D eigenvalue weighted by molar-refractivity contribution is 0.0600. The molecule has 62 heavy (non-hydrogen) atoms. The maximum atomic E-state index is 11.7. The van der Waals surface area contributed by atoms with Crippen molar-refractivity contribution >= 4 is 73.8 Å². The summed E-state index contributed by atoms with van der Waals surface area (Å²) in [5.74, 6) is 2.04. The number of hydrogen-bond acceptors (Lipinski definition) is 12. The summed E-state index contributed by atoms with van der Waals surface area (Å²) < 4.78 is 49.4. The zero-order valence-electron chi connectivity index (χ0n) is 34.3. The molecule has 0 unspecified atom stereocenters. The largest absolute Gasteiger partial charge is 0.493 e. The molecule has 0 bridgehead atoms. The van der Waals surface area contributed by atoms with E-state index in [1.165, 1.54) is 31.6 Å². The van der Waals surface area contributed by atoms with Crippen molar-refractivity contribution in [3.05, 3.63) is 158 Å². The SMILES string of the molecule is COC(=O)c1ccc(CN(Cc2c(Cl)cncc2Cl)c2ccc(OC)c(OC)c2)cc1.COc1ccc(N(Cc2ccc(S(N)(=O)=O)cc2)Cc2c(Cl)cncc2Cl)cc1OC. The number of carbonyl (C=O) groups excluding carboxylic acids is 1. The van der Waals surface area contributed by atoms with Crippen LogP contribution in [0.3, 0.4) is 0 Å². The summed E-state index contributed by atoms with van der Waals surface area (Å²) in [6.07, 6.45) is 6.22. The number of nitrogens with two attached hydrogens (primary N) is 1. The van der Waals surface area contributed by atoms with Gasteiger partial charge in [0.05, 0.1) is 66.1 Å². The molecule has 0 aliphatic heterocycles. The van der Waals surface area contributed by atoms with Gasteiger partial charge in [0, 0.05) is 85.6 Å². The van der Waals surface area contributed by atoms with Crippen LogP contribution < -0.4 is 33.9 Å². The highest BCUT2D eigenvalue weighted by molar-refractivity contribution is 7.89. The molecule has 18 heteroatoms. The first kappa shape index (κ1) is 47.6. The number of sulfonamides is 1. The minimum absolute atomic E-state index is 0.0501. The van der Waals surface area contributed by atoms with Gasteiger partial charge in [0.25, 0.3) is 0 Å². The third-order valence-corrected chi connectivity index (χ3v) is 11.7. The minimum atomic E-state index is -3.76. The van der Waals surface area contributed by atoms with Crippen LogP contribution in [0, 0.1) is 0 Å². The Morgan fingerprint density at radius 2 is 0.919 bits per heavy atom. The minimum Gasteiger partial charge on any atom is -0.493 e. The first-order valence-corrected chi connectivity index (χ1v) is 21.5. The standard InChI is InChI=1S/C23H22Cl2N2O4.C21H21Cl2N3O4S/c1-29-21-9-8-17(10-22(21)30-2)27(14-18-19(24)11-26-12-20(18)25)13-15-4-6-16(7-5-15)23(28)31-3;1-29-20-8-5-15(9-21(20)30-2)26(13-17-18(22)10-25-11-19(17)23)12-14-3-6-16(7-4-14)31(24,27)28/h4-12H,13-14H2,1-3H3;3-11H,12-13H2,1-2H3,(H2,24,27,28). The van der Waals surface area contributed by atoms with E-state index in [0.29, 0.717) is 80.4 Å². The van der Waals surface area contributed by atoms with Crippen LogP contribution in [0.5, 0.6) is 23.0 Å². The molecule has 2 heterocycles. The van der Waals surface area contributed by atoms with Gasteiger partial charge < -0.3 is 33.5 Å². The van der Waals surface area contributed by atoms with Gasteiger partial charge in [0.2, 0.25) is 10.0 Å². The molecule has 0 saturated carbocycles. The highest BCUT2D eigenvalue weighted by Crippen LogP contribution is 2.36. The number of benzene rings is 4. The number of halogens is 4. The van der Waals surface area contributed by atoms with E-state index in [1.807, 2.05) is 47.4 Å². The number of esters is 1. The fourth-order valence-electron chi connectivity index (χ4n) is 6.17. The van der Waals surface area contributed by atoms with Crippen molar-refractivity contribution in [2.75, 3.05) is 45.3 Å². The normalized spacial score (nSPS) is 10.9. The highest BCUT2D eigenvalue weighted by Gasteiger charge is 2.19. The van der Waals surface area contributed by atoms with Crippen molar-refractivity contribution in [1.82, 2.24) is 9.97 Å². The summed E-state index contributed by atoms with van der Waals surface area (Å²) in [5, 5.41) is 7.06. The molecule has 6 rings (SSSR count). The van der Waals surface area contributed by atoms with Gasteiger partial charge in [-0.2, -0.15) is 0 Å². The fourth-order valence-corrected chi connectivity index (χ4v) is 7.65. The van der Waals surface area contributed by atoms with Crippen molar-refractivity contribution in [1.29, 1.82) is 0 Å². The second-order valence-electron chi connectivity index (χ2n) is 13.3. The predicted octanol–water partition coefficient (Wildman–Crippen LogP) is 9.66. The van der Waals surface area contributed by atoms with E-state index in [2.05, 4.69) is 14.9 Å². The number of hydrogen-bond donors (Lipinski definition) is 1. The molecule has 0 radical (unpaired) electrons. The Kier molecular flexibility index (Phi) is 16.9. The number of ether oxygens (including phenoxy) is 5. The zero-order chi connectivity index (χ0) is 45.0. The molecule has 0 atom stereocenters. The van der Waals surface area contributed by atoms with Gasteiger partial charge in [-0.15, -0.1) is 0 Å². The molecule has 326 valence electrons. The summed E-state index contributed by atoms with van der Waals surface area (Å²) >= 11 is 25.4. The average molecular weight is 944 g/mol. The molecule has 0 aliphatic carbocycles. The Balaban J connectivity index is 0.000000234. The number of anilines is 2. The monoisotopic (exact) mass is 941 g/mol. The van der Waals surface area contributed by atoms with Crippen LogP contribution in [0.1, 0.15) is 32.6 Å². The number of nitrogens with zero attached hydrogens (tertiary/aromatic N) is 4. The van der Waals surface area contributed by atoms with Crippen LogP contribution in [0.25, 0.3) is 0 Å². The van der Waals surface area contributed by atoms with Crippen molar-refractivity contribution in [2.24, 2.45) is 5.14 Å². The van der Waals surface area contributed by atoms with Gasteiger partial charge >= 0.3 is 5.97 Å². The Morgan fingerprint density at radius 3 is 1.26 bits per heavy atom. The van der Waals surface area contributed by atoms with Gasteiger partial charge in [0.1, 0.15) is 0 Å². The number of carbonyl (C=O) groups is 1. The van der Waals surface area contributed by atoms with E-state index in [-0.39, 0.29) is 10.9 Å². The molecule has 0 spiro atoms. The van der Waals surface area contributed by atoms with E-state index >= 15 is 0 Å². The molecule has 6 aromatic rings. The maximum absolute atomic E-state index is 11.7. The van der Waals surface area contributed by atoms with Crippen LogP contribution >= 0.6 is 46.4 Å². The Bertz CT molecular complexity index is 2550.